The lowest BCUT2D eigenvalue weighted by Gasteiger charge is -2.30. The highest BCUT2D eigenvalue weighted by atomic mass is 15.3. The van der Waals surface area contributed by atoms with Crippen LogP contribution in [0, 0.1) is 0 Å². The van der Waals surface area contributed by atoms with E-state index >= 15 is 0 Å². The van der Waals surface area contributed by atoms with Crippen LogP contribution in [0.25, 0.3) is 11.1 Å². The van der Waals surface area contributed by atoms with E-state index in [0.29, 0.717) is 0 Å². The molecule has 3 aromatic rings. The van der Waals surface area contributed by atoms with Gasteiger partial charge in [-0.15, -0.1) is 0 Å². The van der Waals surface area contributed by atoms with E-state index in [-0.39, 0.29) is 0 Å². The van der Waals surface area contributed by atoms with Crippen LogP contribution >= 0.6 is 0 Å². The molecule has 2 aromatic heterocycles. The topological polar surface area (TPSA) is 53.0 Å². The van der Waals surface area contributed by atoms with Gasteiger partial charge in [0.05, 0.1) is 6.20 Å². The van der Waals surface area contributed by atoms with Crippen LogP contribution in [0.4, 0.5) is 11.5 Å². The first kappa shape index (κ1) is 16.2. The van der Waals surface area contributed by atoms with E-state index in [1.807, 2.05) is 17.9 Å². The Balaban J connectivity index is 1.53. The fourth-order valence-corrected chi connectivity index (χ4v) is 4.18. The zero-order valence-electron chi connectivity index (χ0n) is 15.9. The normalized spacial score (nSPS) is 15.8. The van der Waals surface area contributed by atoms with Crippen LogP contribution in [0.2, 0.25) is 0 Å². The number of hydrogen-bond acceptors (Lipinski definition) is 4. The molecule has 0 spiro atoms. The van der Waals surface area contributed by atoms with Crippen molar-refractivity contribution in [2.45, 2.75) is 26.3 Å². The summed E-state index contributed by atoms with van der Waals surface area (Å²) in [5, 5.41) is 12.3. The highest BCUT2D eigenvalue weighted by Crippen LogP contribution is 2.39. The molecule has 4 heterocycles. The summed E-state index contributed by atoms with van der Waals surface area (Å²) in [6.07, 6.45) is 6.02. The molecule has 6 heteroatoms. The minimum absolute atomic E-state index is 0.880. The average molecular weight is 360 g/mol. The molecule has 0 fully saturated rings. The van der Waals surface area contributed by atoms with Crippen molar-refractivity contribution in [3.05, 3.63) is 59.7 Å². The van der Waals surface area contributed by atoms with E-state index in [0.717, 1.165) is 49.6 Å². The molecule has 0 amide bonds. The Hall–Kier alpha value is -3.02. The minimum atomic E-state index is 0.880. The first-order valence-corrected chi connectivity index (χ1v) is 9.46. The molecule has 0 saturated carbocycles. The van der Waals surface area contributed by atoms with Crippen molar-refractivity contribution in [1.82, 2.24) is 24.9 Å². The number of rotatable bonds is 3. The van der Waals surface area contributed by atoms with Gasteiger partial charge < -0.3 is 9.80 Å². The third kappa shape index (κ3) is 2.63. The minimum Gasteiger partial charge on any atom is -0.371 e. The molecule has 0 unspecified atom stereocenters. The maximum atomic E-state index is 4.71. The highest BCUT2D eigenvalue weighted by Gasteiger charge is 2.29. The van der Waals surface area contributed by atoms with Crippen LogP contribution in [0.1, 0.15) is 23.7 Å². The van der Waals surface area contributed by atoms with Gasteiger partial charge in [0.15, 0.2) is 5.82 Å². The summed E-state index contributed by atoms with van der Waals surface area (Å²) in [4.78, 5) is 4.71. The zero-order chi connectivity index (χ0) is 18.5. The predicted molar refractivity (Wildman–Crippen MR) is 107 cm³/mol. The van der Waals surface area contributed by atoms with Crippen LogP contribution in [-0.2, 0) is 26.4 Å². The summed E-state index contributed by atoms with van der Waals surface area (Å²) in [6.45, 7) is 9.05. The summed E-state index contributed by atoms with van der Waals surface area (Å²) in [5.41, 5.74) is 8.67. The molecule has 2 aliphatic heterocycles. The Bertz CT molecular complexity index is 1030. The van der Waals surface area contributed by atoms with Crippen molar-refractivity contribution in [2.24, 2.45) is 7.05 Å². The molecule has 0 bridgehead atoms. The van der Waals surface area contributed by atoms with E-state index in [9.17, 15) is 0 Å². The summed E-state index contributed by atoms with van der Waals surface area (Å²) < 4.78 is 1.84. The molecule has 6 nitrogen and oxygen atoms in total. The van der Waals surface area contributed by atoms with Crippen molar-refractivity contribution in [3.8, 4) is 11.1 Å². The number of nitrogens with zero attached hydrogens (tertiary/aromatic N) is 5. The number of aryl methyl sites for hydroxylation is 1. The SMILES string of the molecule is C=C(C)N1CCc2[nH]nc(N3CCc4ccc(-c5cnn(C)c5)cc43)c2C1. The lowest BCUT2D eigenvalue weighted by atomic mass is 10.0. The molecular weight excluding hydrogens is 336 g/mol. The monoisotopic (exact) mass is 360 g/mol. The third-order valence-electron chi connectivity index (χ3n) is 5.73. The second-order valence-corrected chi connectivity index (χ2v) is 7.56. The average Bonchev–Trinajstić information content (AvgIpc) is 3.37. The van der Waals surface area contributed by atoms with E-state index in [2.05, 4.69) is 57.9 Å². The van der Waals surface area contributed by atoms with Crippen molar-refractivity contribution in [3.63, 3.8) is 0 Å². The number of benzene rings is 1. The molecule has 5 rings (SSSR count). The Kier molecular flexibility index (Phi) is 3.60. The fourth-order valence-electron chi connectivity index (χ4n) is 4.18. The van der Waals surface area contributed by atoms with Crippen molar-refractivity contribution < 1.29 is 0 Å². The molecule has 138 valence electrons. The van der Waals surface area contributed by atoms with Crippen LogP contribution in [-0.4, -0.2) is 38.0 Å². The molecule has 1 aromatic carbocycles. The molecule has 0 radical (unpaired) electrons. The largest absolute Gasteiger partial charge is 0.371 e. The first-order valence-electron chi connectivity index (χ1n) is 9.46. The third-order valence-corrected chi connectivity index (χ3v) is 5.73. The lowest BCUT2D eigenvalue weighted by Crippen LogP contribution is -2.29. The lowest BCUT2D eigenvalue weighted by molar-refractivity contribution is 0.323. The molecular formula is C21H24N6. The van der Waals surface area contributed by atoms with Gasteiger partial charge in [-0.25, -0.2) is 0 Å². The Labute approximate surface area is 159 Å². The second kappa shape index (κ2) is 6.01. The maximum absolute atomic E-state index is 4.71. The summed E-state index contributed by atoms with van der Waals surface area (Å²) >= 11 is 0. The quantitative estimate of drug-likeness (QED) is 0.778. The van der Waals surface area contributed by atoms with Gasteiger partial charge in [0, 0.05) is 67.5 Å². The number of H-pyrrole nitrogens is 1. The maximum Gasteiger partial charge on any atom is 0.160 e. The smallest absolute Gasteiger partial charge is 0.160 e. The number of aromatic nitrogens is 4. The Morgan fingerprint density at radius 1 is 1.19 bits per heavy atom. The molecule has 1 N–H and O–H groups in total. The molecule has 0 aliphatic carbocycles. The second-order valence-electron chi connectivity index (χ2n) is 7.56. The van der Waals surface area contributed by atoms with Gasteiger partial charge >= 0.3 is 0 Å². The van der Waals surface area contributed by atoms with Gasteiger partial charge in [-0.05, 0) is 30.5 Å². The Morgan fingerprint density at radius 2 is 2.07 bits per heavy atom. The number of fused-ring (bicyclic) bond motifs is 2. The van der Waals surface area contributed by atoms with Gasteiger partial charge in [-0.1, -0.05) is 18.7 Å². The van der Waals surface area contributed by atoms with Crippen LogP contribution in [0.5, 0.6) is 0 Å². The number of hydrogen-bond donors (Lipinski definition) is 1. The van der Waals surface area contributed by atoms with Gasteiger partial charge in [0.1, 0.15) is 0 Å². The predicted octanol–water partition coefficient (Wildman–Crippen LogP) is 3.40. The van der Waals surface area contributed by atoms with Gasteiger partial charge in [0.25, 0.3) is 0 Å². The van der Waals surface area contributed by atoms with Gasteiger partial charge in [-0.2, -0.15) is 10.2 Å². The zero-order valence-corrected chi connectivity index (χ0v) is 15.9. The first-order chi connectivity index (χ1) is 13.1. The van der Waals surface area contributed by atoms with Crippen LogP contribution < -0.4 is 4.90 Å². The number of allylic oxidation sites excluding steroid dienone is 1. The van der Waals surface area contributed by atoms with Gasteiger partial charge in [0.2, 0.25) is 0 Å². The number of aromatic amines is 1. The van der Waals surface area contributed by atoms with Crippen LogP contribution in [0.3, 0.4) is 0 Å². The molecule has 0 atom stereocenters. The standard InChI is InChI=1S/C21H24N6/c1-14(2)26-8-7-19-18(13-26)21(24-23-19)27-9-6-15-4-5-16(10-20(15)27)17-11-22-25(3)12-17/h4-5,10-12H,1,6-9,13H2,2-3H3,(H,23,24). The van der Waals surface area contributed by atoms with Crippen molar-refractivity contribution >= 4 is 11.5 Å². The summed E-state index contributed by atoms with van der Waals surface area (Å²) in [5.74, 6) is 1.07. The van der Waals surface area contributed by atoms with E-state index in [1.165, 1.54) is 28.1 Å². The highest BCUT2D eigenvalue weighted by molar-refractivity contribution is 5.76. The molecule has 27 heavy (non-hydrogen) atoms. The summed E-state index contributed by atoms with van der Waals surface area (Å²) in [6, 6.07) is 6.72. The van der Waals surface area contributed by atoms with Crippen molar-refractivity contribution in [2.75, 3.05) is 18.0 Å². The number of anilines is 2. The fraction of sp³-hybridized carbons (Fsp3) is 0.333. The molecule has 2 aliphatic rings. The molecule has 0 saturated heterocycles. The van der Waals surface area contributed by atoms with E-state index < -0.39 is 0 Å². The van der Waals surface area contributed by atoms with Gasteiger partial charge in [-0.3, -0.25) is 9.78 Å². The summed E-state index contributed by atoms with van der Waals surface area (Å²) in [7, 11) is 1.95. The van der Waals surface area contributed by atoms with Crippen LogP contribution in [0.15, 0.2) is 42.9 Å². The van der Waals surface area contributed by atoms with E-state index in [1.54, 1.807) is 0 Å². The number of nitrogens with one attached hydrogen (secondary N) is 1. The Morgan fingerprint density at radius 3 is 2.85 bits per heavy atom. The van der Waals surface area contributed by atoms with E-state index in [4.69, 9.17) is 5.10 Å². The van der Waals surface area contributed by atoms with Crippen molar-refractivity contribution in [1.29, 1.82) is 0 Å².